The number of hydrogen-bond acceptors (Lipinski definition) is 2. The van der Waals surface area contributed by atoms with Gasteiger partial charge in [-0.05, 0) is 12.5 Å². The average Bonchev–Trinajstić information content (AvgIpc) is 2.17. The van der Waals surface area contributed by atoms with E-state index in [9.17, 15) is 9.59 Å². The molecule has 0 aliphatic carbocycles. The standard InChI is InChI=1S/C10H12N2O2/c1-7(9(13)12-10(11)14)8-5-3-2-4-6-8/h2-7H,1H3,(H3,11,12,13,14). The van der Waals surface area contributed by atoms with E-state index in [1.807, 2.05) is 35.6 Å². The monoisotopic (exact) mass is 192 g/mol. The third kappa shape index (κ3) is 2.58. The first-order valence-corrected chi connectivity index (χ1v) is 4.26. The van der Waals surface area contributed by atoms with Gasteiger partial charge in [-0.1, -0.05) is 30.3 Å². The first-order chi connectivity index (χ1) is 6.61. The van der Waals surface area contributed by atoms with Gasteiger partial charge in [0, 0.05) is 0 Å². The topological polar surface area (TPSA) is 72.2 Å². The summed E-state index contributed by atoms with van der Waals surface area (Å²) in [7, 11) is 0. The largest absolute Gasteiger partial charge is 0.351 e. The predicted molar refractivity (Wildman–Crippen MR) is 52.6 cm³/mol. The van der Waals surface area contributed by atoms with Gasteiger partial charge in [0.15, 0.2) is 0 Å². The molecule has 0 heterocycles. The first kappa shape index (κ1) is 10.2. The summed E-state index contributed by atoms with van der Waals surface area (Å²) in [6, 6.07) is 8.36. The lowest BCUT2D eigenvalue weighted by Crippen LogP contribution is -2.37. The normalized spacial score (nSPS) is 11.8. The molecule has 1 rings (SSSR count). The minimum absolute atomic E-state index is 0.372. The van der Waals surface area contributed by atoms with Gasteiger partial charge in [-0.15, -0.1) is 0 Å². The first-order valence-electron chi connectivity index (χ1n) is 4.26. The number of carbonyl (C=O) groups excluding carboxylic acids is 2. The zero-order valence-electron chi connectivity index (χ0n) is 7.86. The minimum Gasteiger partial charge on any atom is -0.351 e. The second kappa shape index (κ2) is 4.41. The Hall–Kier alpha value is -1.84. The van der Waals surface area contributed by atoms with Crippen LogP contribution in [0.15, 0.2) is 30.3 Å². The van der Waals surface area contributed by atoms with Gasteiger partial charge in [0.25, 0.3) is 0 Å². The van der Waals surface area contributed by atoms with Crippen molar-refractivity contribution >= 4 is 11.9 Å². The second-order valence-corrected chi connectivity index (χ2v) is 2.99. The van der Waals surface area contributed by atoms with Gasteiger partial charge >= 0.3 is 6.03 Å². The van der Waals surface area contributed by atoms with Gasteiger partial charge in [0.05, 0.1) is 5.92 Å². The average molecular weight is 192 g/mol. The fourth-order valence-corrected chi connectivity index (χ4v) is 1.12. The second-order valence-electron chi connectivity index (χ2n) is 2.99. The molecule has 1 atom stereocenters. The number of carbonyl (C=O) groups is 2. The molecule has 0 saturated carbocycles. The van der Waals surface area contributed by atoms with E-state index in [0.717, 1.165) is 5.56 Å². The fraction of sp³-hybridized carbons (Fsp3) is 0.200. The van der Waals surface area contributed by atoms with E-state index >= 15 is 0 Å². The van der Waals surface area contributed by atoms with Crippen LogP contribution in [0.4, 0.5) is 4.79 Å². The number of amides is 3. The molecule has 4 heteroatoms. The molecule has 0 aromatic heterocycles. The highest BCUT2D eigenvalue weighted by Gasteiger charge is 2.15. The molecule has 0 saturated heterocycles. The van der Waals surface area contributed by atoms with Gasteiger partial charge in [-0.25, -0.2) is 4.79 Å². The molecule has 0 aliphatic rings. The van der Waals surface area contributed by atoms with E-state index in [1.165, 1.54) is 0 Å². The van der Waals surface area contributed by atoms with E-state index in [0.29, 0.717) is 0 Å². The summed E-state index contributed by atoms with van der Waals surface area (Å²) >= 11 is 0. The molecule has 1 unspecified atom stereocenters. The summed E-state index contributed by atoms with van der Waals surface area (Å²) in [4.78, 5) is 21.8. The van der Waals surface area contributed by atoms with Crippen molar-refractivity contribution in [3.8, 4) is 0 Å². The minimum atomic E-state index is -0.821. The van der Waals surface area contributed by atoms with Crippen molar-refractivity contribution in [3.63, 3.8) is 0 Å². The lowest BCUT2D eigenvalue weighted by Gasteiger charge is -2.09. The van der Waals surface area contributed by atoms with Crippen molar-refractivity contribution < 1.29 is 9.59 Å². The molecule has 0 fully saturated rings. The molecule has 3 N–H and O–H groups in total. The Balaban J connectivity index is 2.71. The van der Waals surface area contributed by atoms with Crippen LogP contribution in [0.3, 0.4) is 0 Å². The summed E-state index contributed by atoms with van der Waals surface area (Å²) in [6.45, 7) is 1.72. The Morgan fingerprint density at radius 2 is 1.86 bits per heavy atom. The Labute approximate surface area is 82.1 Å². The van der Waals surface area contributed by atoms with E-state index < -0.39 is 6.03 Å². The van der Waals surface area contributed by atoms with E-state index in [-0.39, 0.29) is 11.8 Å². The molecule has 4 nitrogen and oxygen atoms in total. The Kier molecular flexibility index (Phi) is 3.23. The highest BCUT2D eigenvalue weighted by Crippen LogP contribution is 2.13. The van der Waals surface area contributed by atoms with Gasteiger partial charge in [-0.3, -0.25) is 10.1 Å². The number of urea groups is 1. The van der Waals surface area contributed by atoms with Gasteiger partial charge in [-0.2, -0.15) is 0 Å². The lowest BCUT2D eigenvalue weighted by atomic mass is 10.0. The maximum Gasteiger partial charge on any atom is 0.318 e. The molecule has 74 valence electrons. The van der Waals surface area contributed by atoms with Crippen LogP contribution < -0.4 is 11.1 Å². The summed E-state index contributed by atoms with van der Waals surface area (Å²) in [6.07, 6.45) is 0. The van der Waals surface area contributed by atoms with Crippen LogP contribution in [0.25, 0.3) is 0 Å². The zero-order valence-corrected chi connectivity index (χ0v) is 7.86. The molecule has 0 spiro atoms. The van der Waals surface area contributed by atoms with Crippen molar-refractivity contribution in [3.05, 3.63) is 35.9 Å². The number of nitrogens with one attached hydrogen (secondary N) is 1. The summed E-state index contributed by atoms with van der Waals surface area (Å²) in [5, 5.41) is 2.04. The maximum absolute atomic E-state index is 11.3. The molecule has 3 amide bonds. The van der Waals surface area contributed by atoms with Crippen LogP contribution in [-0.2, 0) is 4.79 Å². The third-order valence-corrected chi connectivity index (χ3v) is 1.94. The molecule has 1 aromatic rings. The van der Waals surface area contributed by atoms with Crippen molar-refractivity contribution in [2.45, 2.75) is 12.8 Å². The third-order valence-electron chi connectivity index (χ3n) is 1.94. The lowest BCUT2D eigenvalue weighted by molar-refractivity contribution is -0.121. The van der Waals surface area contributed by atoms with Crippen LogP contribution in [-0.4, -0.2) is 11.9 Å². The van der Waals surface area contributed by atoms with Crippen molar-refractivity contribution in [1.82, 2.24) is 5.32 Å². The number of primary amides is 1. The predicted octanol–water partition coefficient (Wildman–Crippen LogP) is 0.985. The van der Waals surface area contributed by atoms with Crippen molar-refractivity contribution in [1.29, 1.82) is 0 Å². The number of nitrogens with two attached hydrogens (primary N) is 1. The summed E-state index contributed by atoms with van der Waals surface area (Å²) in [5.41, 5.74) is 5.69. The molecule has 0 bridgehead atoms. The molecular formula is C10H12N2O2. The Morgan fingerprint density at radius 1 is 1.29 bits per heavy atom. The van der Waals surface area contributed by atoms with Crippen LogP contribution in [0.2, 0.25) is 0 Å². The number of hydrogen-bond donors (Lipinski definition) is 2. The molecule has 0 aliphatic heterocycles. The van der Waals surface area contributed by atoms with Crippen LogP contribution in [0.5, 0.6) is 0 Å². The van der Waals surface area contributed by atoms with Gasteiger partial charge in [0.2, 0.25) is 5.91 Å². The quantitative estimate of drug-likeness (QED) is 0.733. The molecule has 1 aromatic carbocycles. The zero-order chi connectivity index (χ0) is 10.6. The number of imide groups is 1. The maximum atomic E-state index is 11.3. The van der Waals surface area contributed by atoms with Gasteiger partial charge < -0.3 is 5.73 Å². The fourth-order valence-electron chi connectivity index (χ4n) is 1.12. The van der Waals surface area contributed by atoms with Crippen LogP contribution >= 0.6 is 0 Å². The molecule has 14 heavy (non-hydrogen) atoms. The summed E-state index contributed by atoms with van der Waals surface area (Å²) in [5.74, 6) is -0.757. The number of benzene rings is 1. The molecular weight excluding hydrogens is 180 g/mol. The summed E-state index contributed by atoms with van der Waals surface area (Å²) < 4.78 is 0. The van der Waals surface area contributed by atoms with Crippen LogP contribution in [0.1, 0.15) is 18.4 Å². The number of rotatable bonds is 2. The highest BCUT2D eigenvalue weighted by molar-refractivity contribution is 5.96. The van der Waals surface area contributed by atoms with E-state index in [4.69, 9.17) is 5.73 Å². The van der Waals surface area contributed by atoms with Crippen molar-refractivity contribution in [2.24, 2.45) is 5.73 Å². The van der Waals surface area contributed by atoms with Gasteiger partial charge in [0.1, 0.15) is 0 Å². The molecule has 0 radical (unpaired) electrons. The Morgan fingerprint density at radius 3 is 2.36 bits per heavy atom. The highest BCUT2D eigenvalue weighted by atomic mass is 16.2. The van der Waals surface area contributed by atoms with Crippen LogP contribution in [0, 0.1) is 0 Å². The van der Waals surface area contributed by atoms with Crippen molar-refractivity contribution in [2.75, 3.05) is 0 Å². The Bertz CT molecular complexity index is 335. The van der Waals surface area contributed by atoms with E-state index in [1.54, 1.807) is 6.92 Å². The van der Waals surface area contributed by atoms with E-state index in [2.05, 4.69) is 0 Å². The smallest absolute Gasteiger partial charge is 0.318 e. The SMILES string of the molecule is CC(C(=O)NC(N)=O)c1ccccc1.